The van der Waals surface area contributed by atoms with Crippen molar-refractivity contribution in [2.75, 3.05) is 6.61 Å². The molecule has 1 rings (SSSR count). The van der Waals surface area contributed by atoms with Gasteiger partial charge in [0.1, 0.15) is 0 Å². The van der Waals surface area contributed by atoms with Gasteiger partial charge in [-0.15, -0.1) is 0 Å². The molecule has 2 nitrogen and oxygen atoms in total. The van der Waals surface area contributed by atoms with E-state index in [0.717, 1.165) is 19.3 Å². The van der Waals surface area contributed by atoms with Crippen LogP contribution in [0.15, 0.2) is 0 Å². The van der Waals surface area contributed by atoms with E-state index in [2.05, 4.69) is 6.92 Å². The predicted molar refractivity (Wildman–Crippen MR) is 39.6 cm³/mol. The molecule has 10 heavy (non-hydrogen) atoms. The second-order valence-electron chi connectivity index (χ2n) is 3.24. The van der Waals surface area contributed by atoms with Crippen molar-refractivity contribution in [2.24, 2.45) is 11.8 Å². The Morgan fingerprint density at radius 1 is 1.30 bits per heavy atom. The standard InChI is InChI=1S/C8H16O2/c1-2-6-3-8(10)4-7(6)5-9/h6-10H,2-5H2,1H3. The summed E-state index contributed by atoms with van der Waals surface area (Å²) in [5.41, 5.74) is 0. The Balaban J connectivity index is 2.41. The highest BCUT2D eigenvalue weighted by Gasteiger charge is 2.30. The maximum Gasteiger partial charge on any atom is 0.0546 e. The lowest BCUT2D eigenvalue weighted by molar-refractivity contribution is 0.162. The summed E-state index contributed by atoms with van der Waals surface area (Å²) < 4.78 is 0. The summed E-state index contributed by atoms with van der Waals surface area (Å²) in [4.78, 5) is 0. The summed E-state index contributed by atoms with van der Waals surface area (Å²) in [6, 6.07) is 0. The van der Waals surface area contributed by atoms with Crippen molar-refractivity contribution in [2.45, 2.75) is 32.3 Å². The van der Waals surface area contributed by atoms with E-state index in [-0.39, 0.29) is 12.7 Å². The van der Waals surface area contributed by atoms with Gasteiger partial charge in [-0.2, -0.15) is 0 Å². The molecule has 2 heteroatoms. The summed E-state index contributed by atoms with van der Waals surface area (Å²) in [7, 11) is 0. The lowest BCUT2D eigenvalue weighted by Gasteiger charge is -2.13. The Bertz CT molecular complexity index is 91.4. The third kappa shape index (κ3) is 1.50. The Labute approximate surface area is 61.9 Å². The lowest BCUT2D eigenvalue weighted by Crippen LogP contribution is -2.10. The van der Waals surface area contributed by atoms with E-state index in [4.69, 9.17) is 5.11 Å². The van der Waals surface area contributed by atoms with Gasteiger partial charge in [-0.25, -0.2) is 0 Å². The van der Waals surface area contributed by atoms with Crippen molar-refractivity contribution in [3.05, 3.63) is 0 Å². The fourth-order valence-electron chi connectivity index (χ4n) is 1.90. The van der Waals surface area contributed by atoms with Crippen LogP contribution < -0.4 is 0 Å². The molecule has 0 aliphatic heterocycles. The van der Waals surface area contributed by atoms with Crippen LogP contribution in [-0.4, -0.2) is 22.9 Å². The van der Waals surface area contributed by atoms with Gasteiger partial charge >= 0.3 is 0 Å². The molecule has 3 unspecified atom stereocenters. The van der Waals surface area contributed by atoms with Crippen molar-refractivity contribution in [3.8, 4) is 0 Å². The summed E-state index contributed by atoms with van der Waals surface area (Å²) in [5.74, 6) is 0.917. The molecule has 0 radical (unpaired) electrons. The molecule has 0 spiro atoms. The van der Waals surface area contributed by atoms with Crippen molar-refractivity contribution in [1.82, 2.24) is 0 Å². The number of hydrogen-bond acceptors (Lipinski definition) is 2. The highest BCUT2D eigenvalue weighted by molar-refractivity contribution is 4.81. The number of rotatable bonds is 2. The van der Waals surface area contributed by atoms with Crippen LogP contribution in [0.1, 0.15) is 26.2 Å². The maximum atomic E-state index is 9.22. The van der Waals surface area contributed by atoms with Crippen LogP contribution in [0, 0.1) is 11.8 Å². The highest BCUT2D eigenvalue weighted by atomic mass is 16.3. The maximum absolute atomic E-state index is 9.22. The Morgan fingerprint density at radius 3 is 2.30 bits per heavy atom. The normalized spacial score (nSPS) is 40.5. The van der Waals surface area contributed by atoms with Gasteiger partial charge in [0.2, 0.25) is 0 Å². The first kappa shape index (κ1) is 8.02. The van der Waals surface area contributed by atoms with Crippen LogP contribution in [0.2, 0.25) is 0 Å². The van der Waals surface area contributed by atoms with Gasteiger partial charge in [-0.05, 0) is 24.7 Å². The largest absolute Gasteiger partial charge is 0.396 e. The van der Waals surface area contributed by atoms with Gasteiger partial charge in [0.25, 0.3) is 0 Å². The molecule has 1 fully saturated rings. The molecule has 0 aromatic rings. The Hall–Kier alpha value is -0.0800. The molecule has 0 heterocycles. The van der Waals surface area contributed by atoms with Crippen LogP contribution >= 0.6 is 0 Å². The fourth-order valence-corrected chi connectivity index (χ4v) is 1.90. The fraction of sp³-hybridized carbons (Fsp3) is 1.00. The summed E-state index contributed by atoms with van der Waals surface area (Å²) in [6.45, 7) is 2.36. The first-order chi connectivity index (χ1) is 4.77. The Kier molecular flexibility index (Phi) is 2.69. The smallest absolute Gasteiger partial charge is 0.0546 e. The molecule has 2 N–H and O–H groups in total. The summed E-state index contributed by atoms with van der Waals surface area (Å²) >= 11 is 0. The second kappa shape index (κ2) is 3.35. The molecule has 0 amide bonds. The topological polar surface area (TPSA) is 40.5 Å². The van der Waals surface area contributed by atoms with Crippen molar-refractivity contribution < 1.29 is 10.2 Å². The third-order valence-electron chi connectivity index (χ3n) is 2.58. The molecule has 1 saturated carbocycles. The van der Waals surface area contributed by atoms with E-state index in [1.807, 2.05) is 0 Å². The second-order valence-corrected chi connectivity index (χ2v) is 3.24. The van der Waals surface area contributed by atoms with Crippen molar-refractivity contribution in [3.63, 3.8) is 0 Å². The minimum absolute atomic E-state index is 0.151. The molecule has 1 aliphatic rings. The minimum Gasteiger partial charge on any atom is -0.396 e. The molecule has 0 aromatic heterocycles. The van der Waals surface area contributed by atoms with Gasteiger partial charge in [0.15, 0.2) is 0 Å². The SMILES string of the molecule is CCC1CC(O)CC1CO. The number of hydrogen-bond donors (Lipinski definition) is 2. The average molecular weight is 144 g/mol. The first-order valence-corrected chi connectivity index (χ1v) is 4.06. The molecule has 0 bridgehead atoms. The van der Waals surface area contributed by atoms with E-state index in [9.17, 15) is 5.11 Å². The molecule has 60 valence electrons. The van der Waals surface area contributed by atoms with Crippen LogP contribution in [0.4, 0.5) is 0 Å². The zero-order valence-corrected chi connectivity index (χ0v) is 6.45. The van der Waals surface area contributed by atoms with E-state index < -0.39 is 0 Å². The first-order valence-electron chi connectivity index (χ1n) is 4.06. The minimum atomic E-state index is -0.151. The van der Waals surface area contributed by atoms with Gasteiger partial charge in [0, 0.05) is 6.61 Å². The van der Waals surface area contributed by atoms with Crippen LogP contribution in [-0.2, 0) is 0 Å². The van der Waals surface area contributed by atoms with Gasteiger partial charge in [0.05, 0.1) is 6.10 Å². The highest BCUT2D eigenvalue weighted by Crippen LogP contribution is 2.33. The summed E-state index contributed by atoms with van der Waals surface area (Å²) in [5, 5.41) is 18.1. The molecular weight excluding hydrogens is 128 g/mol. The lowest BCUT2D eigenvalue weighted by atomic mass is 9.95. The monoisotopic (exact) mass is 144 g/mol. The predicted octanol–water partition coefficient (Wildman–Crippen LogP) is 0.776. The van der Waals surface area contributed by atoms with Gasteiger partial charge in [-0.1, -0.05) is 13.3 Å². The van der Waals surface area contributed by atoms with E-state index in [0.29, 0.717) is 11.8 Å². The molecule has 1 aliphatic carbocycles. The number of aliphatic hydroxyl groups excluding tert-OH is 2. The summed E-state index contributed by atoms with van der Waals surface area (Å²) in [6.07, 6.45) is 2.63. The van der Waals surface area contributed by atoms with E-state index in [1.165, 1.54) is 0 Å². The third-order valence-corrected chi connectivity index (χ3v) is 2.58. The van der Waals surface area contributed by atoms with Gasteiger partial charge < -0.3 is 10.2 Å². The van der Waals surface area contributed by atoms with E-state index in [1.54, 1.807) is 0 Å². The molecule has 0 saturated heterocycles. The van der Waals surface area contributed by atoms with E-state index >= 15 is 0 Å². The van der Waals surface area contributed by atoms with Crippen LogP contribution in [0.3, 0.4) is 0 Å². The average Bonchev–Trinajstić information content (AvgIpc) is 2.30. The van der Waals surface area contributed by atoms with Gasteiger partial charge in [-0.3, -0.25) is 0 Å². The van der Waals surface area contributed by atoms with Crippen molar-refractivity contribution in [1.29, 1.82) is 0 Å². The Morgan fingerprint density at radius 2 is 1.90 bits per heavy atom. The van der Waals surface area contributed by atoms with Crippen LogP contribution in [0.5, 0.6) is 0 Å². The van der Waals surface area contributed by atoms with Crippen LogP contribution in [0.25, 0.3) is 0 Å². The molecule has 3 atom stereocenters. The molecule has 0 aromatic carbocycles. The molecular formula is C8H16O2. The number of aliphatic hydroxyl groups is 2. The quantitative estimate of drug-likeness (QED) is 0.601. The van der Waals surface area contributed by atoms with Crippen molar-refractivity contribution >= 4 is 0 Å². The zero-order valence-electron chi connectivity index (χ0n) is 6.45. The zero-order chi connectivity index (χ0) is 7.56.